The molecule has 0 aliphatic rings. The molecule has 0 aliphatic heterocycles. The quantitative estimate of drug-likeness (QED) is 0.661. The van der Waals surface area contributed by atoms with Crippen LogP contribution in [0.1, 0.15) is 34.6 Å². The first kappa shape index (κ1) is 17.0. The minimum atomic E-state index is 0.0321. The third-order valence-corrected chi connectivity index (χ3v) is 4.45. The molecule has 0 fully saturated rings. The van der Waals surface area contributed by atoms with Crippen LogP contribution in [0.4, 0.5) is 5.69 Å². The van der Waals surface area contributed by atoms with Crippen LogP contribution in [-0.2, 0) is 4.79 Å². The highest BCUT2D eigenvalue weighted by Crippen LogP contribution is 2.28. The minimum absolute atomic E-state index is 0.0321. The Hall–Kier alpha value is -2.87. The van der Waals surface area contributed by atoms with Gasteiger partial charge in [-0.2, -0.15) is 0 Å². The summed E-state index contributed by atoms with van der Waals surface area (Å²) in [5, 5.41) is 3.07. The summed E-state index contributed by atoms with van der Waals surface area (Å²) in [4.78, 5) is 12.7. The predicted molar refractivity (Wildman–Crippen MR) is 104 cm³/mol. The fourth-order valence-corrected chi connectivity index (χ4v) is 3.14. The summed E-state index contributed by atoms with van der Waals surface area (Å²) in [7, 11) is 0. The predicted octanol–water partition coefficient (Wildman–Crippen LogP) is 5.46. The van der Waals surface area contributed by atoms with Crippen molar-refractivity contribution >= 4 is 11.6 Å². The van der Waals surface area contributed by atoms with Gasteiger partial charge < -0.3 is 5.32 Å². The van der Waals surface area contributed by atoms with E-state index < -0.39 is 0 Å². The Morgan fingerprint density at radius 2 is 1.40 bits per heavy atom. The Balaban J connectivity index is 1.82. The van der Waals surface area contributed by atoms with E-state index in [0.29, 0.717) is 6.42 Å². The Kier molecular flexibility index (Phi) is 5.30. The summed E-state index contributed by atoms with van der Waals surface area (Å²) in [5.41, 5.74) is 5.48. The van der Waals surface area contributed by atoms with Crippen molar-refractivity contribution in [1.82, 2.24) is 0 Å². The first-order valence-corrected chi connectivity index (χ1v) is 8.60. The zero-order valence-electron chi connectivity index (χ0n) is 14.7. The van der Waals surface area contributed by atoms with Crippen LogP contribution in [0.25, 0.3) is 0 Å². The number of nitrogens with one attached hydrogen (secondary N) is 1. The van der Waals surface area contributed by atoms with Crippen LogP contribution in [0, 0.1) is 13.8 Å². The van der Waals surface area contributed by atoms with Crippen molar-refractivity contribution < 1.29 is 4.79 Å². The first-order chi connectivity index (χ1) is 12.1. The number of hydrogen-bond donors (Lipinski definition) is 1. The van der Waals surface area contributed by atoms with Gasteiger partial charge in [-0.05, 0) is 36.6 Å². The lowest BCUT2D eigenvalue weighted by atomic mass is 9.88. The van der Waals surface area contributed by atoms with Gasteiger partial charge >= 0.3 is 0 Å². The molecule has 0 saturated carbocycles. The largest absolute Gasteiger partial charge is 0.326 e. The number of carbonyl (C=O) groups excluding carboxylic acids is 1. The van der Waals surface area contributed by atoms with E-state index in [-0.39, 0.29) is 11.8 Å². The van der Waals surface area contributed by atoms with Crippen LogP contribution >= 0.6 is 0 Å². The zero-order chi connectivity index (χ0) is 17.6. The van der Waals surface area contributed by atoms with Gasteiger partial charge in [0.05, 0.1) is 0 Å². The SMILES string of the molecule is Cc1ccc(NC(=O)CC(c2ccccc2)c2ccccc2)c(C)c1. The Morgan fingerprint density at radius 1 is 0.840 bits per heavy atom. The van der Waals surface area contributed by atoms with Gasteiger partial charge in [0.1, 0.15) is 0 Å². The van der Waals surface area contributed by atoms with Crippen LogP contribution in [0.15, 0.2) is 78.9 Å². The standard InChI is InChI=1S/C23H23NO/c1-17-13-14-22(18(2)15-17)24-23(25)16-21(19-9-5-3-6-10-19)20-11-7-4-8-12-20/h3-15,21H,16H2,1-2H3,(H,24,25). The van der Waals surface area contributed by atoms with E-state index in [2.05, 4.69) is 42.6 Å². The van der Waals surface area contributed by atoms with Gasteiger partial charge in [-0.3, -0.25) is 4.79 Å². The molecule has 0 bridgehead atoms. The maximum Gasteiger partial charge on any atom is 0.225 e. The van der Waals surface area contributed by atoms with E-state index in [1.165, 1.54) is 5.56 Å². The zero-order valence-corrected chi connectivity index (χ0v) is 14.7. The summed E-state index contributed by atoms with van der Waals surface area (Å²) < 4.78 is 0. The smallest absolute Gasteiger partial charge is 0.225 e. The topological polar surface area (TPSA) is 29.1 Å². The van der Waals surface area contributed by atoms with Crippen molar-refractivity contribution in [2.45, 2.75) is 26.2 Å². The van der Waals surface area contributed by atoms with Gasteiger partial charge in [-0.25, -0.2) is 0 Å². The summed E-state index contributed by atoms with van der Waals surface area (Å²) in [6.45, 7) is 4.08. The minimum Gasteiger partial charge on any atom is -0.326 e. The average molecular weight is 329 g/mol. The Bertz CT molecular complexity index is 801. The second-order valence-corrected chi connectivity index (χ2v) is 6.44. The van der Waals surface area contributed by atoms with Crippen LogP contribution in [0.2, 0.25) is 0 Å². The third kappa shape index (κ3) is 4.36. The molecular formula is C23H23NO. The molecule has 126 valence electrons. The molecule has 2 heteroatoms. The number of benzene rings is 3. The van der Waals surface area contributed by atoms with Crippen molar-refractivity contribution in [2.24, 2.45) is 0 Å². The van der Waals surface area contributed by atoms with Gasteiger partial charge in [0.2, 0.25) is 5.91 Å². The second-order valence-electron chi connectivity index (χ2n) is 6.44. The second kappa shape index (κ2) is 7.80. The molecule has 0 aromatic heterocycles. The molecule has 1 amide bonds. The molecule has 0 spiro atoms. The fourth-order valence-electron chi connectivity index (χ4n) is 3.14. The normalized spacial score (nSPS) is 10.7. The van der Waals surface area contributed by atoms with E-state index in [1.807, 2.05) is 55.5 Å². The molecule has 0 atom stereocenters. The molecule has 0 heterocycles. The van der Waals surface area contributed by atoms with Gasteiger partial charge in [0.15, 0.2) is 0 Å². The van der Waals surface area contributed by atoms with Gasteiger partial charge in [0.25, 0.3) is 0 Å². The van der Waals surface area contributed by atoms with Crippen molar-refractivity contribution in [2.75, 3.05) is 5.32 Å². The monoisotopic (exact) mass is 329 g/mol. The summed E-state index contributed by atoms with van der Waals surface area (Å²) in [5.74, 6) is 0.0813. The van der Waals surface area contributed by atoms with Crippen molar-refractivity contribution in [3.8, 4) is 0 Å². The van der Waals surface area contributed by atoms with E-state index in [1.54, 1.807) is 0 Å². The highest BCUT2D eigenvalue weighted by atomic mass is 16.1. The van der Waals surface area contributed by atoms with Gasteiger partial charge in [-0.15, -0.1) is 0 Å². The number of hydrogen-bond acceptors (Lipinski definition) is 1. The highest BCUT2D eigenvalue weighted by molar-refractivity contribution is 5.92. The Morgan fingerprint density at radius 3 is 1.92 bits per heavy atom. The fraction of sp³-hybridized carbons (Fsp3) is 0.174. The van der Waals surface area contributed by atoms with Gasteiger partial charge in [-0.1, -0.05) is 78.4 Å². The number of rotatable bonds is 5. The van der Waals surface area contributed by atoms with Crippen molar-refractivity contribution in [3.05, 3.63) is 101 Å². The molecule has 3 aromatic carbocycles. The lowest BCUT2D eigenvalue weighted by Gasteiger charge is -2.18. The van der Waals surface area contributed by atoms with Crippen LogP contribution in [0.3, 0.4) is 0 Å². The molecule has 3 aromatic rings. The summed E-state index contributed by atoms with van der Waals surface area (Å²) >= 11 is 0. The molecule has 0 aliphatic carbocycles. The van der Waals surface area contributed by atoms with Gasteiger partial charge in [0, 0.05) is 18.0 Å². The van der Waals surface area contributed by atoms with E-state index in [9.17, 15) is 4.79 Å². The third-order valence-electron chi connectivity index (χ3n) is 4.45. The van der Waals surface area contributed by atoms with Crippen LogP contribution < -0.4 is 5.32 Å². The molecule has 3 rings (SSSR count). The highest BCUT2D eigenvalue weighted by Gasteiger charge is 2.18. The molecular weight excluding hydrogens is 306 g/mol. The summed E-state index contributed by atoms with van der Waals surface area (Å²) in [6.07, 6.45) is 0.418. The molecule has 25 heavy (non-hydrogen) atoms. The average Bonchev–Trinajstić information content (AvgIpc) is 2.63. The number of anilines is 1. The Labute approximate surface area is 149 Å². The van der Waals surface area contributed by atoms with E-state index in [4.69, 9.17) is 0 Å². The maximum absolute atomic E-state index is 12.7. The first-order valence-electron chi connectivity index (χ1n) is 8.60. The maximum atomic E-state index is 12.7. The van der Waals surface area contributed by atoms with Crippen LogP contribution in [0.5, 0.6) is 0 Å². The number of carbonyl (C=O) groups is 1. The van der Waals surface area contributed by atoms with E-state index in [0.717, 1.165) is 22.4 Å². The van der Waals surface area contributed by atoms with Crippen molar-refractivity contribution in [3.63, 3.8) is 0 Å². The molecule has 0 saturated heterocycles. The molecule has 0 unspecified atom stereocenters. The molecule has 0 radical (unpaired) electrons. The van der Waals surface area contributed by atoms with Crippen LogP contribution in [-0.4, -0.2) is 5.91 Å². The lowest BCUT2D eigenvalue weighted by molar-refractivity contribution is -0.116. The number of aryl methyl sites for hydroxylation is 2. The lowest BCUT2D eigenvalue weighted by Crippen LogP contribution is -2.17. The van der Waals surface area contributed by atoms with Crippen molar-refractivity contribution in [1.29, 1.82) is 0 Å². The summed E-state index contributed by atoms with van der Waals surface area (Å²) in [6, 6.07) is 26.5. The number of amides is 1. The van der Waals surface area contributed by atoms with E-state index >= 15 is 0 Å². The molecule has 1 N–H and O–H groups in total. The molecule has 2 nitrogen and oxygen atoms in total.